The molecule has 0 bridgehead atoms. The molecule has 0 aromatic heterocycles. The summed E-state index contributed by atoms with van der Waals surface area (Å²) in [5.74, 6) is 5.83. The molecule has 0 radical (unpaired) electrons. The lowest BCUT2D eigenvalue weighted by molar-refractivity contribution is -0.132. The minimum Gasteiger partial charge on any atom is -0.495 e. The van der Waals surface area contributed by atoms with Crippen molar-refractivity contribution in [1.29, 1.82) is 0 Å². The van der Waals surface area contributed by atoms with Crippen molar-refractivity contribution in [3.8, 4) is 17.6 Å². The van der Waals surface area contributed by atoms with Crippen LogP contribution in [0.15, 0.2) is 35.4 Å². The van der Waals surface area contributed by atoms with Gasteiger partial charge in [-0.3, -0.25) is 0 Å². The lowest BCUT2D eigenvalue weighted by Crippen LogP contribution is -1.99. The molecule has 0 spiro atoms. The molecule has 0 atom stereocenters. The monoisotopic (exact) mass is 242 g/mol. The van der Waals surface area contributed by atoms with Gasteiger partial charge in [-0.05, 0) is 31.4 Å². The highest BCUT2D eigenvalue weighted by atomic mass is 16.5. The molecule has 0 saturated heterocycles. The first-order valence-electron chi connectivity index (χ1n) is 5.82. The Morgan fingerprint density at radius 1 is 1.28 bits per heavy atom. The third-order valence-electron chi connectivity index (χ3n) is 2.93. The highest BCUT2D eigenvalue weighted by molar-refractivity contribution is 5.89. The zero-order valence-electron chi connectivity index (χ0n) is 10.2. The number of rotatable bonds is 2. The zero-order chi connectivity index (χ0) is 13.0. The number of hydrogen-bond acceptors (Lipinski definition) is 2. The molecule has 0 unspecified atom stereocenters. The average Bonchev–Trinajstić information content (AvgIpc) is 2.85. The first-order valence-corrected chi connectivity index (χ1v) is 5.82. The number of carboxylic acids is 1. The standard InChI is InChI=1S/C15H14O3/c1-18-14-8-3-2-5-12(14)10-9-11-6-4-7-13(11)15(16)17/h2-3,5,8H,4,6-7H2,1H3,(H,16,17). The number of hydrogen-bond donors (Lipinski definition) is 1. The molecule has 18 heavy (non-hydrogen) atoms. The highest BCUT2D eigenvalue weighted by Gasteiger charge is 2.18. The van der Waals surface area contributed by atoms with Crippen LogP contribution in [0.2, 0.25) is 0 Å². The molecule has 3 heteroatoms. The van der Waals surface area contributed by atoms with Crippen molar-refractivity contribution < 1.29 is 14.6 Å². The van der Waals surface area contributed by atoms with Crippen LogP contribution in [0.5, 0.6) is 5.75 Å². The number of methoxy groups -OCH3 is 1. The molecule has 0 saturated carbocycles. The fourth-order valence-corrected chi connectivity index (χ4v) is 2.01. The van der Waals surface area contributed by atoms with Crippen molar-refractivity contribution in [3.63, 3.8) is 0 Å². The largest absolute Gasteiger partial charge is 0.495 e. The maximum Gasteiger partial charge on any atom is 0.332 e. The minimum absolute atomic E-state index is 0.456. The van der Waals surface area contributed by atoms with Gasteiger partial charge in [0.05, 0.1) is 12.7 Å². The summed E-state index contributed by atoms with van der Waals surface area (Å²) in [6.45, 7) is 0. The molecule has 0 amide bonds. The maximum absolute atomic E-state index is 11.0. The molecule has 1 aliphatic rings. The molecule has 1 aromatic carbocycles. The number of carbonyl (C=O) groups is 1. The van der Waals surface area contributed by atoms with Crippen LogP contribution in [0.25, 0.3) is 0 Å². The molecule has 1 N–H and O–H groups in total. The molecule has 3 nitrogen and oxygen atoms in total. The van der Waals surface area contributed by atoms with E-state index in [9.17, 15) is 4.79 Å². The van der Waals surface area contributed by atoms with E-state index < -0.39 is 5.97 Å². The number of ether oxygens (including phenoxy) is 1. The number of allylic oxidation sites excluding steroid dienone is 1. The van der Waals surface area contributed by atoms with Gasteiger partial charge in [0.1, 0.15) is 5.75 Å². The SMILES string of the molecule is COc1ccccc1C#CC1=C(C(=O)O)CCC1. The molecule has 2 rings (SSSR count). The third-order valence-corrected chi connectivity index (χ3v) is 2.93. The Kier molecular flexibility index (Phi) is 3.69. The van der Waals surface area contributed by atoms with Crippen LogP contribution in [0.3, 0.4) is 0 Å². The second-order valence-corrected chi connectivity index (χ2v) is 4.07. The summed E-state index contributed by atoms with van der Waals surface area (Å²) in [5.41, 5.74) is 1.98. The fourth-order valence-electron chi connectivity index (χ4n) is 2.01. The van der Waals surface area contributed by atoms with E-state index in [4.69, 9.17) is 9.84 Å². The van der Waals surface area contributed by atoms with Gasteiger partial charge in [-0.1, -0.05) is 24.0 Å². The Balaban J connectivity index is 2.32. The summed E-state index contributed by atoms with van der Waals surface area (Å²) in [7, 11) is 1.60. The van der Waals surface area contributed by atoms with Crippen LogP contribution in [0.4, 0.5) is 0 Å². The van der Waals surface area contributed by atoms with Crippen molar-refractivity contribution >= 4 is 5.97 Å². The number of aliphatic carboxylic acids is 1. The van der Waals surface area contributed by atoms with Crippen molar-refractivity contribution in [2.75, 3.05) is 7.11 Å². The Morgan fingerprint density at radius 3 is 2.78 bits per heavy atom. The summed E-state index contributed by atoms with van der Waals surface area (Å²) in [4.78, 5) is 11.0. The number of carboxylic acid groups (broad SMARTS) is 1. The van der Waals surface area contributed by atoms with Crippen LogP contribution < -0.4 is 4.74 Å². The summed E-state index contributed by atoms with van der Waals surface area (Å²) < 4.78 is 5.20. The van der Waals surface area contributed by atoms with Crippen molar-refractivity contribution in [2.24, 2.45) is 0 Å². The Morgan fingerprint density at radius 2 is 2.06 bits per heavy atom. The molecule has 92 valence electrons. The predicted molar refractivity (Wildman–Crippen MR) is 68.4 cm³/mol. The van der Waals surface area contributed by atoms with Gasteiger partial charge < -0.3 is 9.84 Å². The van der Waals surface area contributed by atoms with E-state index in [1.165, 1.54) is 0 Å². The van der Waals surface area contributed by atoms with E-state index in [0.29, 0.717) is 17.7 Å². The van der Waals surface area contributed by atoms with Gasteiger partial charge in [0.2, 0.25) is 0 Å². The quantitative estimate of drug-likeness (QED) is 0.811. The Bertz CT molecular complexity index is 559. The third kappa shape index (κ3) is 2.54. The first kappa shape index (κ1) is 12.3. The lowest BCUT2D eigenvalue weighted by atomic mass is 10.1. The smallest absolute Gasteiger partial charge is 0.332 e. The zero-order valence-corrected chi connectivity index (χ0v) is 10.2. The molecular formula is C15H14O3. The van der Waals surface area contributed by atoms with Crippen molar-refractivity contribution in [1.82, 2.24) is 0 Å². The van der Waals surface area contributed by atoms with Crippen LogP contribution >= 0.6 is 0 Å². The topological polar surface area (TPSA) is 46.5 Å². The van der Waals surface area contributed by atoms with Crippen LogP contribution in [-0.4, -0.2) is 18.2 Å². The van der Waals surface area contributed by atoms with E-state index in [0.717, 1.165) is 24.0 Å². The summed E-state index contributed by atoms with van der Waals surface area (Å²) in [6.07, 6.45) is 2.24. The van der Waals surface area contributed by atoms with Crippen molar-refractivity contribution in [2.45, 2.75) is 19.3 Å². The van der Waals surface area contributed by atoms with Crippen LogP contribution in [0, 0.1) is 11.8 Å². The molecule has 1 aromatic rings. The van der Waals surface area contributed by atoms with Crippen molar-refractivity contribution in [3.05, 3.63) is 41.0 Å². The Hall–Kier alpha value is -2.21. The van der Waals surface area contributed by atoms with Gasteiger partial charge in [0, 0.05) is 11.1 Å². The second-order valence-electron chi connectivity index (χ2n) is 4.07. The molecule has 0 aliphatic heterocycles. The van der Waals surface area contributed by atoms with Gasteiger partial charge in [-0.15, -0.1) is 0 Å². The average molecular weight is 242 g/mol. The van der Waals surface area contributed by atoms with Gasteiger partial charge >= 0.3 is 5.97 Å². The van der Waals surface area contributed by atoms with Gasteiger partial charge in [0.15, 0.2) is 0 Å². The summed E-state index contributed by atoms with van der Waals surface area (Å²) in [6, 6.07) is 7.46. The van der Waals surface area contributed by atoms with E-state index in [2.05, 4.69) is 11.8 Å². The van der Waals surface area contributed by atoms with Crippen LogP contribution in [-0.2, 0) is 4.79 Å². The number of benzene rings is 1. The molecule has 0 heterocycles. The van der Waals surface area contributed by atoms with Gasteiger partial charge in [0.25, 0.3) is 0 Å². The normalized spacial score (nSPS) is 14.1. The molecular weight excluding hydrogens is 228 g/mol. The maximum atomic E-state index is 11.0. The minimum atomic E-state index is -0.850. The summed E-state index contributed by atoms with van der Waals surface area (Å²) >= 11 is 0. The highest BCUT2D eigenvalue weighted by Crippen LogP contribution is 2.26. The van der Waals surface area contributed by atoms with E-state index in [-0.39, 0.29) is 0 Å². The lowest BCUT2D eigenvalue weighted by Gasteiger charge is -2.01. The van der Waals surface area contributed by atoms with E-state index in [1.807, 2.05) is 24.3 Å². The van der Waals surface area contributed by atoms with Crippen LogP contribution in [0.1, 0.15) is 24.8 Å². The summed E-state index contributed by atoms with van der Waals surface area (Å²) in [5, 5.41) is 9.03. The van der Waals surface area contributed by atoms with E-state index >= 15 is 0 Å². The molecule has 0 fully saturated rings. The first-order chi connectivity index (χ1) is 8.72. The predicted octanol–water partition coefficient (Wildman–Crippen LogP) is 2.61. The van der Waals surface area contributed by atoms with Gasteiger partial charge in [-0.2, -0.15) is 0 Å². The molecule has 1 aliphatic carbocycles. The number of para-hydroxylation sites is 1. The fraction of sp³-hybridized carbons (Fsp3) is 0.267. The Labute approximate surface area is 106 Å². The van der Waals surface area contributed by atoms with Gasteiger partial charge in [-0.25, -0.2) is 4.79 Å². The second kappa shape index (κ2) is 5.42. The van der Waals surface area contributed by atoms with E-state index in [1.54, 1.807) is 7.11 Å².